The Bertz CT molecular complexity index is 922. The average Bonchev–Trinajstić information content (AvgIpc) is 3.07. The van der Waals surface area contributed by atoms with Crippen molar-refractivity contribution in [2.75, 3.05) is 26.2 Å². The molecule has 1 amide bonds. The minimum Gasteiger partial charge on any atom is -0.355 e. The van der Waals surface area contributed by atoms with Crippen LogP contribution in [-0.2, 0) is 11.3 Å². The predicted molar refractivity (Wildman–Crippen MR) is 121 cm³/mol. The van der Waals surface area contributed by atoms with E-state index in [0.29, 0.717) is 23.0 Å². The van der Waals surface area contributed by atoms with E-state index in [1.165, 1.54) is 0 Å². The first-order valence-corrected chi connectivity index (χ1v) is 10.1. The van der Waals surface area contributed by atoms with Crippen LogP contribution in [0.4, 0.5) is 0 Å². The molecule has 2 heterocycles. The summed E-state index contributed by atoms with van der Waals surface area (Å²) in [5.74, 6) is 0.670. The summed E-state index contributed by atoms with van der Waals surface area (Å²) in [5, 5.41) is 3.68. The van der Waals surface area contributed by atoms with Crippen LogP contribution in [0.25, 0.3) is 22.6 Å². The molecule has 0 spiro atoms. The molecule has 0 saturated carbocycles. The number of benzene rings is 1. The zero-order valence-corrected chi connectivity index (χ0v) is 18.3. The van der Waals surface area contributed by atoms with Gasteiger partial charge in [-0.3, -0.25) is 9.36 Å². The second-order valence-electron chi connectivity index (χ2n) is 6.60. The van der Waals surface area contributed by atoms with E-state index in [1.54, 1.807) is 6.20 Å². The molecule has 0 radical (unpaired) electrons. The molecule has 1 N–H and O–H groups in total. The van der Waals surface area contributed by atoms with Crippen molar-refractivity contribution < 1.29 is 4.79 Å². The van der Waals surface area contributed by atoms with Crippen LogP contribution < -0.4 is 5.32 Å². The molecule has 3 rings (SSSR count). The van der Waals surface area contributed by atoms with E-state index in [1.807, 2.05) is 41.0 Å². The van der Waals surface area contributed by atoms with Crippen LogP contribution in [0.3, 0.4) is 0 Å². The van der Waals surface area contributed by atoms with Crippen LogP contribution in [0.5, 0.6) is 0 Å². The van der Waals surface area contributed by atoms with Crippen molar-refractivity contribution in [1.82, 2.24) is 24.8 Å². The first kappa shape index (κ1) is 23.1. The van der Waals surface area contributed by atoms with Gasteiger partial charge in [-0.25, -0.2) is 9.97 Å². The predicted octanol–water partition coefficient (Wildman–Crippen LogP) is 4.02. The number of nitrogens with zero attached hydrogens (tertiary/aromatic N) is 4. The molecule has 3 aromatic rings. The third-order valence-corrected chi connectivity index (χ3v) is 5.03. The number of imidazole rings is 1. The molecule has 0 unspecified atom stereocenters. The highest BCUT2D eigenvalue weighted by atomic mass is 35.5. The lowest BCUT2D eigenvalue weighted by Crippen LogP contribution is -2.32. The van der Waals surface area contributed by atoms with Crippen molar-refractivity contribution in [3.05, 3.63) is 47.6 Å². The Morgan fingerprint density at radius 2 is 1.90 bits per heavy atom. The molecular weight excluding hydrogens is 409 g/mol. The summed E-state index contributed by atoms with van der Waals surface area (Å²) in [4.78, 5) is 24.0. The first-order valence-electron chi connectivity index (χ1n) is 9.68. The maximum atomic E-state index is 12.6. The number of aromatic nitrogens is 3. The normalized spacial score (nSPS) is 10.9. The topological polar surface area (TPSA) is 63.1 Å². The molecule has 2 aromatic heterocycles. The number of halogens is 2. The summed E-state index contributed by atoms with van der Waals surface area (Å²) >= 11 is 6.01. The molecule has 0 fully saturated rings. The van der Waals surface area contributed by atoms with Crippen LogP contribution in [0, 0.1) is 0 Å². The van der Waals surface area contributed by atoms with Crippen LogP contribution >= 0.6 is 24.0 Å². The molecule has 8 heteroatoms. The monoisotopic (exact) mass is 435 g/mol. The highest BCUT2D eigenvalue weighted by Crippen LogP contribution is 2.24. The number of hydrogen-bond acceptors (Lipinski definition) is 4. The summed E-state index contributed by atoms with van der Waals surface area (Å²) in [6, 6.07) is 11.2. The first-order chi connectivity index (χ1) is 13.6. The van der Waals surface area contributed by atoms with Gasteiger partial charge in [0.05, 0.1) is 0 Å². The van der Waals surface area contributed by atoms with Crippen LogP contribution in [0.1, 0.15) is 20.3 Å². The molecule has 29 heavy (non-hydrogen) atoms. The highest BCUT2D eigenvalue weighted by Gasteiger charge is 2.16. The van der Waals surface area contributed by atoms with Gasteiger partial charge in [-0.2, -0.15) is 0 Å². The smallest absolute Gasteiger partial charge is 0.240 e. The summed E-state index contributed by atoms with van der Waals surface area (Å²) in [6.07, 6.45) is 2.65. The van der Waals surface area contributed by atoms with Crippen LogP contribution in [0.15, 0.2) is 42.6 Å². The molecule has 0 saturated heterocycles. The van der Waals surface area contributed by atoms with Gasteiger partial charge in [0, 0.05) is 23.3 Å². The van der Waals surface area contributed by atoms with Crippen molar-refractivity contribution in [3.63, 3.8) is 0 Å². The van der Waals surface area contributed by atoms with E-state index in [9.17, 15) is 4.79 Å². The van der Waals surface area contributed by atoms with Crippen LogP contribution in [0.2, 0.25) is 5.02 Å². The molecule has 0 aliphatic heterocycles. The molecular formula is C21H27Cl2N5O. The molecule has 0 atom stereocenters. The Kier molecular flexibility index (Phi) is 8.89. The zero-order chi connectivity index (χ0) is 19.9. The molecule has 6 nitrogen and oxygen atoms in total. The number of rotatable bonds is 9. The SMILES string of the molecule is CCN(CC)CCCNC(=O)Cn1c(-c2ccc(Cl)cc2)nc2cccnc21.Cl. The minimum atomic E-state index is -0.0419. The summed E-state index contributed by atoms with van der Waals surface area (Å²) in [7, 11) is 0. The number of pyridine rings is 1. The standard InChI is InChI=1S/C21H26ClN5O.ClH/c1-3-26(4-2)14-6-13-23-19(28)15-27-20(16-8-10-17(22)11-9-16)25-18-7-5-12-24-21(18)27;/h5,7-12H,3-4,6,13-15H2,1-2H3,(H,23,28);1H. The van der Waals surface area contributed by atoms with E-state index in [0.717, 1.165) is 37.1 Å². The number of carbonyl (C=O) groups is 1. The molecule has 156 valence electrons. The van der Waals surface area contributed by atoms with Gasteiger partial charge < -0.3 is 10.2 Å². The van der Waals surface area contributed by atoms with Gasteiger partial charge in [-0.15, -0.1) is 12.4 Å². The van der Waals surface area contributed by atoms with Gasteiger partial charge in [0.15, 0.2) is 5.65 Å². The second-order valence-corrected chi connectivity index (χ2v) is 7.04. The lowest BCUT2D eigenvalue weighted by atomic mass is 10.2. The minimum absolute atomic E-state index is 0. The number of fused-ring (bicyclic) bond motifs is 1. The van der Waals surface area contributed by atoms with Gasteiger partial charge in [0.25, 0.3) is 0 Å². The van der Waals surface area contributed by atoms with Crippen molar-refractivity contribution in [2.45, 2.75) is 26.8 Å². The van der Waals surface area contributed by atoms with Gasteiger partial charge in [-0.1, -0.05) is 25.4 Å². The van der Waals surface area contributed by atoms with E-state index >= 15 is 0 Å². The fraction of sp³-hybridized carbons (Fsp3) is 0.381. The number of nitrogens with one attached hydrogen (secondary N) is 1. The fourth-order valence-corrected chi connectivity index (χ4v) is 3.32. The summed E-state index contributed by atoms with van der Waals surface area (Å²) in [6.45, 7) is 8.18. The van der Waals surface area contributed by atoms with Crippen LogP contribution in [-0.4, -0.2) is 51.5 Å². The van der Waals surface area contributed by atoms with E-state index in [-0.39, 0.29) is 24.9 Å². The quantitative estimate of drug-likeness (QED) is 0.515. The number of amides is 1. The Balaban J connectivity index is 0.00000300. The summed E-state index contributed by atoms with van der Waals surface area (Å²) < 4.78 is 1.86. The van der Waals surface area contributed by atoms with E-state index in [2.05, 4.69) is 34.0 Å². The van der Waals surface area contributed by atoms with Crippen molar-refractivity contribution in [3.8, 4) is 11.4 Å². The molecule has 0 aliphatic carbocycles. The van der Waals surface area contributed by atoms with Gasteiger partial charge in [0.2, 0.25) is 5.91 Å². The van der Waals surface area contributed by atoms with E-state index in [4.69, 9.17) is 11.6 Å². The third kappa shape index (κ3) is 5.92. The zero-order valence-electron chi connectivity index (χ0n) is 16.8. The third-order valence-electron chi connectivity index (χ3n) is 4.78. The summed E-state index contributed by atoms with van der Waals surface area (Å²) in [5.41, 5.74) is 2.37. The highest BCUT2D eigenvalue weighted by molar-refractivity contribution is 6.30. The van der Waals surface area contributed by atoms with Crippen molar-refractivity contribution in [2.24, 2.45) is 0 Å². The lowest BCUT2D eigenvalue weighted by molar-refractivity contribution is -0.121. The second kappa shape index (κ2) is 11.1. The Hall–Kier alpha value is -2.15. The molecule has 1 aromatic carbocycles. The largest absolute Gasteiger partial charge is 0.355 e. The number of carbonyl (C=O) groups excluding carboxylic acids is 1. The maximum absolute atomic E-state index is 12.6. The molecule has 0 aliphatic rings. The van der Waals surface area contributed by atoms with Gasteiger partial charge in [-0.05, 0) is 62.5 Å². The van der Waals surface area contributed by atoms with Crippen molar-refractivity contribution >= 4 is 41.1 Å². The Labute approximate surface area is 182 Å². The van der Waals surface area contributed by atoms with Gasteiger partial charge in [0.1, 0.15) is 17.9 Å². The average molecular weight is 436 g/mol. The maximum Gasteiger partial charge on any atom is 0.240 e. The fourth-order valence-electron chi connectivity index (χ4n) is 3.20. The lowest BCUT2D eigenvalue weighted by Gasteiger charge is -2.17. The van der Waals surface area contributed by atoms with Gasteiger partial charge >= 0.3 is 0 Å². The van der Waals surface area contributed by atoms with E-state index < -0.39 is 0 Å². The number of hydrogen-bond donors (Lipinski definition) is 1. The molecule has 0 bridgehead atoms. The Morgan fingerprint density at radius 1 is 1.17 bits per heavy atom. The Morgan fingerprint density at radius 3 is 2.59 bits per heavy atom. The van der Waals surface area contributed by atoms with Crippen molar-refractivity contribution in [1.29, 1.82) is 0 Å².